The Morgan fingerprint density at radius 2 is 1.95 bits per heavy atom. The first-order valence-corrected chi connectivity index (χ1v) is 7.63. The van der Waals surface area contributed by atoms with Crippen LogP contribution in [-0.4, -0.2) is 47.2 Å². The zero-order chi connectivity index (χ0) is 15.8. The van der Waals surface area contributed by atoms with E-state index in [4.69, 9.17) is 10.5 Å². The molecule has 0 amide bonds. The molecular formula is C15H29N5O. The monoisotopic (exact) mass is 295 g/mol. The maximum atomic E-state index is 6.01. The normalized spacial score (nSPS) is 11.4. The Bertz CT molecular complexity index is 423. The Kier molecular flexibility index (Phi) is 7.22. The molecule has 0 saturated heterocycles. The summed E-state index contributed by atoms with van der Waals surface area (Å²) < 4.78 is 5.55. The molecule has 1 aromatic rings. The van der Waals surface area contributed by atoms with Gasteiger partial charge in [0.2, 0.25) is 5.88 Å². The molecule has 0 fully saturated rings. The summed E-state index contributed by atoms with van der Waals surface area (Å²) in [6, 6.07) is 0.589. The zero-order valence-corrected chi connectivity index (χ0v) is 13.9. The highest BCUT2D eigenvalue weighted by atomic mass is 16.5. The molecule has 6 nitrogen and oxygen atoms in total. The molecule has 120 valence electrons. The lowest BCUT2D eigenvalue weighted by Crippen LogP contribution is -2.27. The molecule has 21 heavy (non-hydrogen) atoms. The first-order chi connectivity index (χ1) is 9.91. The molecule has 1 rings (SSSR count). The number of hydrogen-bond donors (Lipinski definition) is 2. The molecule has 1 aromatic heterocycles. The van der Waals surface area contributed by atoms with E-state index in [9.17, 15) is 0 Å². The van der Waals surface area contributed by atoms with Crippen molar-refractivity contribution in [2.75, 3.05) is 31.2 Å². The second-order valence-electron chi connectivity index (χ2n) is 5.82. The number of ether oxygens (including phenoxy) is 1. The van der Waals surface area contributed by atoms with Crippen LogP contribution in [-0.2, 0) is 0 Å². The summed E-state index contributed by atoms with van der Waals surface area (Å²) in [4.78, 5) is 10.6. The van der Waals surface area contributed by atoms with E-state index in [1.807, 2.05) is 13.8 Å². The smallest absolute Gasteiger partial charge is 0.242 e. The lowest BCUT2D eigenvalue weighted by atomic mass is 10.2. The van der Waals surface area contributed by atoms with Crippen LogP contribution in [0.15, 0.2) is 6.33 Å². The number of nitrogen functional groups attached to an aromatic ring is 1. The summed E-state index contributed by atoms with van der Waals surface area (Å²) >= 11 is 0. The van der Waals surface area contributed by atoms with E-state index in [1.54, 1.807) is 0 Å². The van der Waals surface area contributed by atoms with Crippen molar-refractivity contribution < 1.29 is 4.74 Å². The first-order valence-electron chi connectivity index (χ1n) is 7.63. The van der Waals surface area contributed by atoms with Crippen molar-refractivity contribution in [3.05, 3.63) is 6.33 Å². The van der Waals surface area contributed by atoms with Crippen LogP contribution < -0.4 is 15.8 Å². The van der Waals surface area contributed by atoms with Gasteiger partial charge in [-0.25, -0.2) is 4.98 Å². The van der Waals surface area contributed by atoms with Gasteiger partial charge in [0.15, 0.2) is 5.82 Å². The fraction of sp³-hybridized carbons (Fsp3) is 0.733. The van der Waals surface area contributed by atoms with Crippen LogP contribution in [0.5, 0.6) is 5.88 Å². The van der Waals surface area contributed by atoms with Crippen molar-refractivity contribution >= 4 is 11.5 Å². The van der Waals surface area contributed by atoms with Crippen LogP contribution in [0.1, 0.15) is 40.5 Å². The minimum absolute atomic E-state index is 0.0432. The van der Waals surface area contributed by atoms with E-state index in [1.165, 1.54) is 6.33 Å². The molecule has 0 spiro atoms. The van der Waals surface area contributed by atoms with Crippen molar-refractivity contribution in [3.8, 4) is 5.88 Å². The highest BCUT2D eigenvalue weighted by Crippen LogP contribution is 2.25. The molecule has 0 aliphatic rings. The summed E-state index contributed by atoms with van der Waals surface area (Å²) in [5, 5.41) is 3.25. The number of aromatic nitrogens is 2. The molecule has 0 bridgehead atoms. The molecule has 0 unspecified atom stereocenters. The lowest BCUT2D eigenvalue weighted by molar-refractivity contribution is 0.234. The summed E-state index contributed by atoms with van der Waals surface area (Å²) in [6.45, 7) is 10.2. The fourth-order valence-corrected chi connectivity index (χ4v) is 1.79. The molecule has 0 aromatic carbocycles. The van der Waals surface area contributed by atoms with Gasteiger partial charge in [-0.15, -0.1) is 0 Å². The van der Waals surface area contributed by atoms with E-state index in [0.29, 0.717) is 23.4 Å². The van der Waals surface area contributed by atoms with Gasteiger partial charge in [-0.05, 0) is 54.1 Å². The molecule has 0 radical (unpaired) electrons. The van der Waals surface area contributed by atoms with Gasteiger partial charge < -0.3 is 20.7 Å². The molecular weight excluding hydrogens is 266 g/mol. The Morgan fingerprint density at radius 3 is 2.57 bits per heavy atom. The van der Waals surface area contributed by atoms with Gasteiger partial charge in [0, 0.05) is 12.6 Å². The highest BCUT2D eigenvalue weighted by molar-refractivity contribution is 5.66. The molecule has 0 aliphatic carbocycles. The van der Waals surface area contributed by atoms with Crippen molar-refractivity contribution in [1.29, 1.82) is 0 Å². The Hall–Kier alpha value is -1.56. The van der Waals surface area contributed by atoms with Crippen LogP contribution in [0.25, 0.3) is 0 Å². The summed E-state index contributed by atoms with van der Waals surface area (Å²) in [7, 11) is 2.15. The third-order valence-corrected chi connectivity index (χ3v) is 3.31. The molecule has 0 aliphatic heterocycles. The average Bonchev–Trinajstić information content (AvgIpc) is 2.41. The molecule has 0 atom stereocenters. The third kappa shape index (κ3) is 6.16. The maximum absolute atomic E-state index is 6.01. The van der Waals surface area contributed by atoms with E-state index in [0.717, 1.165) is 25.9 Å². The predicted octanol–water partition coefficient (Wildman–Crippen LogP) is 2.38. The number of nitrogens with zero attached hydrogens (tertiary/aromatic N) is 3. The summed E-state index contributed by atoms with van der Waals surface area (Å²) in [5.41, 5.74) is 6.49. The average molecular weight is 295 g/mol. The van der Waals surface area contributed by atoms with Crippen molar-refractivity contribution in [3.63, 3.8) is 0 Å². The summed E-state index contributed by atoms with van der Waals surface area (Å²) in [5.74, 6) is 1.10. The topological polar surface area (TPSA) is 76.3 Å². The molecule has 0 saturated carbocycles. The van der Waals surface area contributed by atoms with Crippen LogP contribution in [0, 0.1) is 0 Å². The molecule has 3 N–H and O–H groups in total. The van der Waals surface area contributed by atoms with Crippen molar-refractivity contribution in [2.24, 2.45) is 0 Å². The van der Waals surface area contributed by atoms with Crippen LogP contribution in [0.3, 0.4) is 0 Å². The van der Waals surface area contributed by atoms with E-state index in [-0.39, 0.29) is 6.10 Å². The van der Waals surface area contributed by atoms with Crippen molar-refractivity contribution in [2.45, 2.75) is 52.7 Å². The van der Waals surface area contributed by atoms with Crippen LogP contribution in [0.4, 0.5) is 11.5 Å². The second kappa shape index (κ2) is 8.67. The number of hydrogen-bond acceptors (Lipinski definition) is 6. The van der Waals surface area contributed by atoms with E-state index < -0.39 is 0 Å². The lowest BCUT2D eigenvalue weighted by Gasteiger charge is -2.20. The highest BCUT2D eigenvalue weighted by Gasteiger charge is 2.10. The van der Waals surface area contributed by atoms with Crippen LogP contribution in [0.2, 0.25) is 0 Å². The van der Waals surface area contributed by atoms with Gasteiger partial charge in [0.1, 0.15) is 12.0 Å². The van der Waals surface area contributed by atoms with Gasteiger partial charge in [-0.2, -0.15) is 4.98 Å². The number of rotatable bonds is 9. The van der Waals surface area contributed by atoms with E-state index >= 15 is 0 Å². The maximum Gasteiger partial charge on any atom is 0.242 e. The Balaban J connectivity index is 2.38. The number of anilines is 2. The standard InChI is InChI=1S/C15H29N5O/c1-11(2)20(5)9-7-6-8-17-14-13(16)15(19-10-18-14)21-12(3)4/h10-12H,6-9,16H2,1-5H3,(H,17,18,19). The predicted molar refractivity (Wildman–Crippen MR) is 87.7 cm³/mol. The minimum Gasteiger partial charge on any atom is -0.473 e. The van der Waals surface area contributed by atoms with Gasteiger partial charge in [0.05, 0.1) is 6.10 Å². The molecule has 6 heteroatoms. The number of nitrogens with one attached hydrogen (secondary N) is 1. The first kappa shape index (κ1) is 17.5. The van der Waals surface area contributed by atoms with E-state index in [2.05, 4.69) is 41.1 Å². The third-order valence-electron chi connectivity index (χ3n) is 3.31. The largest absolute Gasteiger partial charge is 0.473 e. The van der Waals surface area contributed by atoms with Gasteiger partial charge >= 0.3 is 0 Å². The van der Waals surface area contributed by atoms with Gasteiger partial charge in [-0.3, -0.25) is 0 Å². The minimum atomic E-state index is 0.0432. The Labute approximate surface area is 128 Å². The number of nitrogens with two attached hydrogens (primary N) is 1. The van der Waals surface area contributed by atoms with Gasteiger partial charge in [0.25, 0.3) is 0 Å². The SMILES string of the molecule is CC(C)Oc1ncnc(NCCCCN(C)C(C)C)c1N. The fourth-order valence-electron chi connectivity index (χ4n) is 1.79. The molecule has 1 heterocycles. The second-order valence-corrected chi connectivity index (χ2v) is 5.82. The quantitative estimate of drug-likeness (QED) is 0.681. The Morgan fingerprint density at radius 1 is 1.24 bits per heavy atom. The van der Waals surface area contributed by atoms with Crippen molar-refractivity contribution in [1.82, 2.24) is 14.9 Å². The summed E-state index contributed by atoms with van der Waals surface area (Å²) in [6.07, 6.45) is 3.73. The van der Waals surface area contributed by atoms with Crippen LogP contribution >= 0.6 is 0 Å². The number of unbranched alkanes of at least 4 members (excludes halogenated alkanes) is 1. The van der Waals surface area contributed by atoms with Gasteiger partial charge in [-0.1, -0.05) is 0 Å². The zero-order valence-electron chi connectivity index (χ0n) is 13.9.